The lowest BCUT2D eigenvalue weighted by molar-refractivity contribution is 0.0411. The summed E-state index contributed by atoms with van der Waals surface area (Å²) in [6.45, 7) is 5.81. The van der Waals surface area contributed by atoms with Crippen molar-refractivity contribution in [2.24, 2.45) is 11.0 Å². The number of hydrogen-bond acceptors (Lipinski definition) is 3. The van der Waals surface area contributed by atoms with Crippen molar-refractivity contribution in [1.82, 2.24) is 5.01 Å². The van der Waals surface area contributed by atoms with Crippen LogP contribution in [0.2, 0.25) is 0 Å². The molecule has 0 radical (unpaired) electrons. The molecule has 0 aromatic rings. The molecule has 0 spiro atoms. The summed E-state index contributed by atoms with van der Waals surface area (Å²) in [4.78, 5) is 0. The van der Waals surface area contributed by atoms with Gasteiger partial charge in [0.2, 0.25) is 0 Å². The SMILES string of the molecule is C=CC[C@@]1(O)/C(=N/N(C)C)CCC[C@@H]1C. The molecule has 0 aromatic heterocycles. The van der Waals surface area contributed by atoms with Crippen LogP contribution in [0.1, 0.15) is 32.6 Å². The Morgan fingerprint density at radius 1 is 1.67 bits per heavy atom. The van der Waals surface area contributed by atoms with E-state index in [9.17, 15) is 5.11 Å². The molecular formula is C12H22N2O. The van der Waals surface area contributed by atoms with Crippen molar-refractivity contribution in [1.29, 1.82) is 0 Å². The van der Waals surface area contributed by atoms with Crippen molar-refractivity contribution >= 4 is 5.71 Å². The van der Waals surface area contributed by atoms with Gasteiger partial charge in [0.15, 0.2) is 0 Å². The van der Waals surface area contributed by atoms with Gasteiger partial charge in [0.25, 0.3) is 0 Å². The average molecular weight is 210 g/mol. The monoisotopic (exact) mass is 210 g/mol. The van der Waals surface area contributed by atoms with E-state index in [2.05, 4.69) is 18.6 Å². The number of hydrogen-bond donors (Lipinski definition) is 1. The fourth-order valence-corrected chi connectivity index (χ4v) is 2.23. The molecule has 0 heterocycles. The number of aliphatic hydroxyl groups is 1. The smallest absolute Gasteiger partial charge is 0.110 e. The number of nitrogens with zero attached hydrogens (tertiary/aromatic N) is 2. The zero-order valence-corrected chi connectivity index (χ0v) is 10.0. The quantitative estimate of drug-likeness (QED) is 0.571. The highest BCUT2D eigenvalue weighted by Crippen LogP contribution is 2.34. The zero-order chi connectivity index (χ0) is 11.5. The third-order valence-corrected chi connectivity index (χ3v) is 3.14. The van der Waals surface area contributed by atoms with E-state index in [1.165, 1.54) is 0 Å². The van der Waals surface area contributed by atoms with E-state index < -0.39 is 5.60 Å². The molecule has 86 valence electrons. The van der Waals surface area contributed by atoms with E-state index in [4.69, 9.17) is 0 Å². The minimum Gasteiger partial charge on any atom is -0.383 e. The van der Waals surface area contributed by atoms with Gasteiger partial charge in [0.1, 0.15) is 5.60 Å². The molecule has 1 rings (SSSR count). The van der Waals surface area contributed by atoms with Crippen LogP contribution >= 0.6 is 0 Å². The third kappa shape index (κ3) is 2.59. The van der Waals surface area contributed by atoms with Gasteiger partial charge in [-0.15, -0.1) is 6.58 Å². The van der Waals surface area contributed by atoms with Crippen LogP contribution in [-0.2, 0) is 0 Å². The largest absolute Gasteiger partial charge is 0.383 e. The van der Waals surface area contributed by atoms with Crippen LogP contribution in [-0.4, -0.2) is 35.5 Å². The fourth-order valence-electron chi connectivity index (χ4n) is 2.23. The molecule has 1 saturated carbocycles. The van der Waals surface area contributed by atoms with E-state index in [-0.39, 0.29) is 5.92 Å². The summed E-state index contributed by atoms with van der Waals surface area (Å²) in [5.41, 5.74) is 0.135. The Kier molecular flexibility index (Phi) is 3.91. The number of rotatable bonds is 3. The normalized spacial score (nSPS) is 34.1. The van der Waals surface area contributed by atoms with E-state index >= 15 is 0 Å². The van der Waals surface area contributed by atoms with Crippen molar-refractivity contribution in [2.75, 3.05) is 14.1 Å². The van der Waals surface area contributed by atoms with Gasteiger partial charge in [0, 0.05) is 14.1 Å². The predicted molar refractivity (Wildman–Crippen MR) is 63.9 cm³/mol. The van der Waals surface area contributed by atoms with Crippen LogP contribution in [0, 0.1) is 5.92 Å². The van der Waals surface area contributed by atoms with Crippen LogP contribution in [0.4, 0.5) is 0 Å². The van der Waals surface area contributed by atoms with Crippen molar-refractivity contribution < 1.29 is 5.11 Å². The molecule has 0 unspecified atom stereocenters. The number of hydrazone groups is 1. The van der Waals surface area contributed by atoms with Gasteiger partial charge in [0.05, 0.1) is 5.71 Å². The van der Waals surface area contributed by atoms with Crippen molar-refractivity contribution in [3.63, 3.8) is 0 Å². The van der Waals surface area contributed by atoms with Crippen LogP contribution < -0.4 is 0 Å². The topological polar surface area (TPSA) is 35.8 Å². The van der Waals surface area contributed by atoms with E-state index in [1.807, 2.05) is 14.1 Å². The lowest BCUT2D eigenvalue weighted by Crippen LogP contribution is -2.47. The Balaban J connectivity index is 2.95. The first-order chi connectivity index (χ1) is 7.00. The molecule has 1 aliphatic carbocycles. The molecule has 3 heteroatoms. The van der Waals surface area contributed by atoms with Gasteiger partial charge in [-0.25, -0.2) is 0 Å². The van der Waals surface area contributed by atoms with Crippen molar-refractivity contribution in [2.45, 2.75) is 38.2 Å². The predicted octanol–water partition coefficient (Wildman–Crippen LogP) is 2.03. The summed E-state index contributed by atoms with van der Waals surface area (Å²) in [6, 6.07) is 0. The molecule has 0 aliphatic heterocycles. The standard InChI is InChI=1S/C12H22N2O/c1-5-9-12(15)10(2)7-6-8-11(12)13-14(3)4/h5,10,15H,1,6-9H2,2-4H3/b13-11+/t10-,12-/m0/s1. The lowest BCUT2D eigenvalue weighted by atomic mass is 9.73. The Morgan fingerprint density at radius 2 is 2.33 bits per heavy atom. The Bertz CT molecular complexity index is 260. The highest BCUT2D eigenvalue weighted by atomic mass is 16.3. The van der Waals surface area contributed by atoms with Crippen LogP contribution in [0.25, 0.3) is 0 Å². The van der Waals surface area contributed by atoms with Crippen molar-refractivity contribution in [3.05, 3.63) is 12.7 Å². The second kappa shape index (κ2) is 4.79. The highest BCUT2D eigenvalue weighted by molar-refractivity contribution is 5.93. The second-order valence-corrected chi connectivity index (χ2v) is 4.60. The molecule has 1 aliphatic rings. The van der Waals surface area contributed by atoms with Gasteiger partial charge in [-0.3, -0.25) is 0 Å². The summed E-state index contributed by atoms with van der Waals surface area (Å²) >= 11 is 0. The van der Waals surface area contributed by atoms with Gasteiger partial charge in [-0.05, 0) is 31.6 Å². The minimum atomic E-state index is -0.774. The lowest BCUT2D eigenvalue weighted by Gasteiger charge is -2.39. The molecule has 1 N–H and O–H groups in total. The van der Waals surface area contributed by atoms with Crippen molar-refractivity contribution in [3.8, 4) is 0 Å². The average Bonchev–Trinajstić information content (AvgIpc) is 2.13. The molecule has 3 nitrogen and oxygen atoms in total. The van der Waals surface area contributed by atoms with Crippen LogP contribution in [0.5, 0.6) is 0 Å². The fraction of sp³-hybridized carbons (Fsp3) is 0.750. The minimum absolute atomic E-state index is 0.267. The van der Waals surface area contributed by atoms with E-state index in [0.717, 1.165) is 25.0 Å². The maximum atomic E-state index is 10.6. The Labute approximate surface area is 92.5 Å². The first-order valence-corrected chi connectivity index (χ1v) is 5.59. The maximum absolute atomic E-state index is 10.6. The van der Waals surface area contributed by atoms with E-state index in [0.29, 0.717) is 6.42 Å². The van der Waals surface area contributed by atoms with Crippen LogP contribution in [0.3, 0.4) is 0 Å². The van der Waals surface area contributed by atoms with Gasteiger partial charge >= 0.3 is 0 Å². The summed E-state index contributed by atoms with van der Waals surface area (Å²) in [6.07, 6.45) is 5.46. The molecule has 15 heavy (non-hydrogen) atoms. The summed E-state index contributed by atoms with van der Waals surface area (Å²) < 4.78 is 0. The first kappa shape index (κ1) is 12.2. The Hall–Kier alpha value is -0.830. The van der Waals surface area contributed by atoms with E-state index in [1.54, 1.807) is 11.1 Å². The van der Waals surface area contributed by atoms with Gasteiger partial charge in [-0.1, -0.05) is 13.0 Å². The third-order valence-electron chi connectivity index (χ3n) is 3.14. The summed E-state index contributed by atoms with van der Waals surface area (Å²) in [7, 11) is 3.78. The second-order valence-electron chi connectivity index (χ2n) is 4.60. The zero-order valence-electron chi connectivity index (χ0n) is 10.0. The molecule has 2 atom stereocenters. The first-order valence-electron chi connectivity index (χ1n) is 5.59. The van der Waals surface area contributed by atoms with Gasteiger partial charge in [-0.2, -0.15) is 5.10 Å². The highest BCUT2D eigenvalue weighted by Gasteiger charge is 2.40. The maximum Gasteiger partial charge on any atom is 0.110 e. The van der Waals surface area contributed by atoms with Crippen LogP contribution in [0.15, 0.2) is 17.8 Å². The Morgan fingerprint density at radius 3 is 2.87 bits per heavy atom. The van der Waals surface area contributed by atoms with Gasteiger partial charge < -0.3 is 10.1 Å². The molecule has 0 aromatic carbocycles. The molecule has 1 fully saturated rings. The molecular weight excluding hydrogens is 188 g/mol. The molecule has 0 bridgehead atoms. The summed E-state index contributed by atoms with van der Waals surface area (Å²) in [5.74, 6) is 0.267. The molecule has 0 amide bonds. The summed E-state index contributed by atoms with van der Waals surface area (Å²) in [5, 5.41) is 16.8. The molecule has 0 saturated heterocycles.